The average Bonchev–Trinajstić information content (AvgIpc) is 3.26. The van der Waals surface area contributed by atoms with Gasteiger partial charge in [-0.15, -0.1) is 16.4 Å². The zero-order valence-corrected chi connectivity index (χ0v) is 14.1. The zero-order valence-electron chi connectivity index (χ0n) is 13.3. The molecule has 1 aromatic carbocycles. The van der Waals surface area contributed by atoms with Crippen LogP contribution in [0.2, 0.25) is 0 Å². The molecule has 8 nitrogen and oxygen atoms in total. The van der Waals surface area contributed by atoms with Crippen molar-refractivity contribution in [1.82, 2.24) is 30.5 Å². The Hall–Kier alpha value is -2.81. The summed E-state index contributed by atoms with van der Waals surface area (Å²) in [6, 6.07) is 8.79. The Bertz CT molecular complexity index is 785. The fraction of sp³-hybridized carbons (Fsp3) is 0.267. The Kier molecular flexibility index (Phi) is 4.80. The van der Waals surface area contributed by atoms with Gasteiger partial charge in [0.05, 0.1) is 12.2 Å². The number of thiazole rings is 1. The van der Waals surface area contributed by atoms with E-state index in [1.807, 2.05) is 54.7 Å². The molecule has 0 aliphatic rings. The molecule has 0 fully saturated rings. The van der Waals surface area contributed by atoms with Crippen molar-refractivity contribution >= 4 is 22.4 Å². The van der Waals surface area contributed by atoms with Gasteiger partial charge in [0, 0.05) is 19.5 Å². The van der Waals surface area contributed by atoms with Gasteiger partial charge in [-0.2, -0.15) is 0 Å². The first kappa shape index (κ1) is 16.1. The van der Waals surface area contributed by atoms with E-state index >= 15 is 0 Å². The number of hydrogen-bond donors (Lipinski definition) is 1. The number of benzene rings is 1. The van der Waals surface area contributed by atoms with Crippen LogP contribution in [0.3, 0.4) is 0 Å². The first-order chi connectivity index (χ1) is 11.6. The summed E-state index contributed by atoms with van der Waals surface area (Å²) in [6.07, 6.45) is 1.43. The molecule has 0 saturated heterocycles. The van der Waals surface area contributed by atoms with E-state index in [1.165, 1.54) is 22.3 Å². The standard InChI is InChI=1S/C15H17N7OS/c1-21(2)15-18-12(9-24-15)8-16-14(23)13(22-10-17-19-20-22)11-6-4-3-5-7-11/h3-7,9-10,13H,8H2,1-2H3,(H,16,23)/t13-/m1/s1. The lowest BCUT2D eigenvalue weighted by Crippen LogP contribution is -2.33. The number of aromatic nitrogens is 5. The number of carbonyl (C=O) groups excluding carboxylic acids is 1. The van der Waals surface area contributed by atoms with Crippen LogP contribution in [0.25, 0.3) is 0 Å². The van der Waals surface area contributed by atoms with Crippen LogP contribution >= 0.6 is 11.3 Å². The molecule has 0 aliphatic carbocycles. The van der Waals surface area contributed by atoms with Gasteiger partial charge >= 0.3 is 0 Å². The highest BCUT2D eigenvalue weighted by Gasteiger charge is 2.23. The summed E-state index contributed by atoms with van der Waals surface area (Å²) >= 11 is 1.54. The van der Waals surface area contributed by atoms with Crippen LogP contribution in [0.5, 0.6) is 0 Å². The summed E-state index contributed by atoms with van der Waals surface area (Å²) in [5.41, 5.74) is 1.63. The molecule has 0 aliphatic heterocycles. The molecule has 0 radical (unpaired) electrons. The zero-order chi connectivity index (χ0) is 16.9. The summed E-state index contributed by atoms with van der Waals surface area (Å²) in [5.74, 6) is -0.187. The van der Waals surface area contributed by atoms with Gasteiger partial charge in [-0.05, 0) is 16.0 Å². The number of rotatable bonds is 6. The monoisotopic (exact) mass is 343 g/mol. The van der Waals surface area contributed by atoms with E-state index in [0.29, 0.717) is 6.54 Å². The Balaban J connectivity index is 1.74. The predicted molar refractivity (Wildman–Crippen MR) is 90.7 cm³/mol. The molecule has 1 N–H and O–H groups in total. The van der Waals surface area contributed by atoms with Gasteiger partial charge in [0.1, 0.15) is 6.33 Å². The second-order valence-corrected chi connectivity index (χ2v) is 6.17. The van der Waals surface area contributed by atoms with Crippen LogP contribution in [0.15, 0.2) is 42.0 Å². The Labute approximate surface area is 143 Å². The second kappa shape index (κ2) is 7.18. The van der Waals surface area contributed by atoms with E-state index in [2.05, 4.69) is 25.8 Å². The third-order valence-electron chi connectivity index (χ3n) is 3.36. The third kappa shape index (κ3) is 3.57. The van der Waals surface area contributed by atoms with Crippen molar-refractivity contribution < 1.29 is 4.79 Å². The van der Waals surface area contributed by atoms with Gasteiger partial charge in [-0.3, -0.25) is 4.79 Å². The molecule has 1 amide bonds. The Morgan fingerprint density at radius 3 is 2.75 bits per heavy atom. The van der Waals surface area contributed by atoms with Gasteiger partial charge in [-0.1, -0.05) is 30.3 Å². The minimum atomic E-state index is -0.617. The minimum absolute atomic E-state index is 0.187. The van der Waals surface area contributed by atoms with Gasteiger partial charge in [0.2, 0.25) is 5.91 Å². The van der Waals surface area contributed by atoms with E-state index in [0.717, 1.165) is 16.4 Å². The lowest BCUT2D eigenvalue weighted by molar-refractivity contribution is -0.123. The number of nitrogens with one attached hydrogen (secondary N) is 1. The SMILES string of the molecule is CN(C)c1nc(CNC(=O)[C@@H](c2ccccc2)n2cnnn2)cs1. The van der Waals surface area contributed by atoms with E-state index in [4.69, 9.17) is 0 Å². The van der Waals surface area contributed by atoms with Crippen LogP contribution in [-0.2, 0) is 11.3 Å². The maximum atomic E-state index is 12.7. The number of amides is 1. The maximum absolute atomic E-state index is 12.7. The maximum Gasteiger partial charge on any atom is 0.249 e. The molecule has 9 heteroatoms. The highest BCUT2D eigenvalue weighted by Crippen LogP contribution is 2.19. The molecule has 0 bridgehead atoms. The Morgan fingerprint density at radius 1 is 1.33 bits per heavy atom. The van der Waals surface area contributed by atoms with Gasteiger partial charge in [0.25, 0.3) is 0 Å². The topological polar surface area (TPSA) is 88.8 Å². The number of anilines is 1. The molecular weight excluding hydrogens is 326 g/mol. The normalized spacial score (nSPS) is 11.9. The van der Waals surface area contributed by atoms with Crippen molar-refractivity contribution in [1.29, 1.82) is 0 Å². The molecule has 2 heterocycles. The van der Waals surface area contributed by atoms with Crippen LogP contribution < -0.4 is 10.2 Å². The molecule has 3 rings (SSSR count). The quantitative estimate of drug-likeness (QED) is 0.721. The molecule has 24 heavy (non-hydrogen) atoms. The summed E-state index contributed by atoms with van der Waals surface area (Å²) < 4.78 is 1.44. The van der Waals surface area contributed by atoms with Crippen molar-refractivity contribution in [3.63, 3.8) is 0 Å². The van der Waals surface area contributed by atoms with E-state index < -0.39 is 6.04 Å². The summed E-state index contributed by atoms with van der Waals surface area (Å²) in [7, 11) is 3.87. The van der Waals surface area contributed by atoms with E-state index in [9.17, 15) is 4.79 Å². The first-order valence-electron chi connectivity index (χ1n) is 7.32. The highest BCUT2D eigenvalue weighted by molar-refractivity contribution is 7.13. The largest absolute Gasteiger partial charge is 0.354 e. The minimum Gasteiger partial charge on any atom is -0.354 e. The number of tetrazole rings is 1. The number of hydrogen-bond acceptors (Lipinski definition) is 7. The molecule has 2 aromatic heterocycles. The fourth-order valence-corrected chi connectivity index (χ4v) is 2.96. The van der Waals surface area contributed by atoms with Crippen LogP contribution in [0, 0.1) is 0 Å². The second-order valence-electron chi connectivity index (χ2n) is 5.34. The van der Waals surface area contributed by atoms with Crippen LogP contribution in [0.1, 0.15) is 17.3 Å². The number of nitrogens with zero attached hydrogens (tertiary/aromatic N) is 6. The van der Waals surface area contributed by atoms with Crippen molar-refractivity contribution in [2.45, 2.75) is 12.6 Å². The van der Waals surface area contributed by atoms with E-state index in [1.54, 1.807) is 0 Å². The third-order valence-corrected chi connectivity index (χ3v) is 4.42. The van der Waals surface area contributed by atoms with Crippen molar-refractivity contribution in [2.24, 2.45) is 0 Å². The summed E-state index contributed by atoms with van der Waals surface area (Å²) in [5, 5.41) is 16.9. The highest BCUT2D eigenvalue weighted by atomic mass is 32.1. The van der Waals surface area contributed by atoms with Crippen molar-refractivity contribution in [3.05, 3.63) is 53.3 Å². The van der Waals surface area contributed by atoms with Gasteiger partial charge in [0.15, 0.2) is 11.2 Å². The van der Waals surface area contributed by atoms with Crippen molar-refractivity contribution in [2.75, 3.05) is 19.0 Å². The smallest absolute Gasteiger partial charge is 0.249 e. The first-order valence-corrected chi connectivity index (χ1v) is 8.20. The van der Waals surface area contributed by atoms with Gasteiger partial charge < -0.3 is 10.2 Å². The predicted octanol–water partition coefficient (Wildman–Crippen LogP) is 1.10. The Morgan fingerprint density at radius 2 is 2.12 bits per heavy atom. The van der Waals surface area contributed by atoms with Gasteiger partial charge in [-0.25, -0.2) is 9.67 Å². The average molecular weight is 343 g/mol. The molecule has 3 aromatic rings. The molecule has 124 valence electrons. The summed E-state index contributed by atoms with van der Waals surface area (Å²) in [4.78, 5) is 19.1. The van der Waals surface area contributed by atoms with Crippen molar-refractivity contribution in [3.8, 4) is 0 Å². The molecular formula is C15H17N7OS. The van der Waals surface area contributed by atoms with Crippen LogP contribution in [0.4, 0.5) is 5.13 Å². The lowest BCUT2D eigenvalue weighted by Gasteiger charge is -2.16. The lowest BCUT2D eigenvalue weighted by atomic mass is 10.1. The van der Waals surface area contributed by atoms with Crippen LogP contribution in [-0.4, -0.2) is 45.2 Å². The molecule has 0 spiro atoms. The number of carbonyl (C=O) groups is 1. The molecule has 0 saturated carbocycles. The van der Waals surface area contributed by atoms with E-state index in [-0.39, 0.29) is 5.91 Å². The summed E-state index contributed by atoms with van der Waals surface area (Å²) in [6.45, 7) is 0.356. The fourth-order valence-electron chi connectivity index (χ4n) is 2.20. The molecule has 1 atom stereocenters. The molecule has 0 unspecified atom stereocenters.